The summed E-state index contributed by atoms with van der Waals surface area (Å²) in [7, 11) is -2.93. The van der Waals surface area contributed by atoms with Crippen molar-refractivity contribution in [3.8, 4) is 0 Å². The largest absolute Gasteiger partial charge is 0.339 e. The summed E-state index contributed by atoms with van der Waals surface area (Å²) in [6.45, 7) is 2.83. The highest BCUT2D eigenvalue weighted by Gasteiger charge is 2.34. The zero-order chi connectivity index (χ0) is 16.0. The molecule has 2 rings (SSSR count). The zero-order valence-electron chi connectivity index (χ0n) is 13.9. The molecule has 1 saturated carbocycles. The number of hydrogen-bond acceptors (Lipinski definition) is 3. The first-order valence-electron chi connectivity index (χ1n) is 9.01. The van der Waals surface area contributed by atoms with Crippen LogP contribution in [0.25, 0.3) is 0 Å². The molecular weight excluding hydrogens is 298 g/mol. The standard InChI is InChI=1S/C17H31NO3S/c1-2-3-12-18(16-11-13-22(20,21)14-16)17(19)10-9-15-7-5-4-6-8-15/h15-16H,2-14H2,1H3. The van der Waals surface area contributed by atoms with Crippen LogP contribution in [0, 0.1) is 5.92 Å². The maximum absolute atomic E-state index is 12.6. The number of nitrogens with zero attached hydrogens (tertiary/aromatic N) is 1. The summed E-state index contributed by atoms with van der Waals surface area (Å²) >= 11 is 0. The molecule has 0 spiro atoms. The summed E-state index contributed by atoms with van der Waals surface area (Å²) < 4.78 is 23.4. The average molecular weight is 330 g/mol. The Balaban J connectivity index is 1.88. The van der Waals surface area contributed by atoms with Gasteiger partial charge in [-0.15, -0.1) is 0 Å². The Morgan fingerprint density at radius 1 is 1.14 bits per heavy atom. The Morgan fingerprint density at radius 2 is 1.86 bits per heavy atom. The highest BCUT2D eigenvalue weighted by Crippen LogP contribution is 2.28. The minimum atomic E-state index is -2.93. The summed E-state index contributed by atoms with van der Waals surface area (Å²) in [4.78, 5) is 14.5. The lowest BCUT2D eigenvalue weighted by Gasteiger charge is -2.29. The number of carbonyl (C=O) groups is 1. The van der Waals surface area contributed by atoms with Crippen molar-refractivity contribution in [1.82, 2.24) is 4.90 Å². The van der Waals surface area contributed by atoms with Crippen LogP contribution in [-0.2, 0) is 14.6 Å². The molecule has 0 N–H and O–H groups in total. The van der Waals surface area contributed by atoms with E-state index in [1.807, 2.05) is 4.90 Å². The van der Waals surface area contributed by atoms with E-state index in [1.54, 1.807) is 0 Å². The van der Waals surface area contributed by atoms with E-state index in [4.69, 9.17) is 0 Å². The molecule has 0 aromatic rings. The van der Waals surface area contributed by atoms with Gasteiger partial charge in [-0.25, -0.2) is 8.42 Å². The molecule has 0 radical (unpaired) electrons. The fourth-order valence-electron chi connectivity index (χ4n) is 3.81. The summed E-state index contributed by atoms with van der Waals surface area (Å²) in [5.41, 5.74) is 0. The lowest BCUT2D eigenvalue weighted by molar-refractivity contribution is -0.133. The molecule has 1 saturated heterocycles. The van der Waals surface area contributed by atoms with Crippen LogP contribution in [0.3, 0.4) is 0 Å². The van der Waals surface area contributed by atoms with E-state index >= 15 is 0 Å². The van der Waals surface area contributed by atoms with Gasteiger partial charge in [0.1, 0.15) is 0 Å². The first kappa shape index (κ1) is 17.8. The highest BCUT2D eigenvalue weighted by atomic mass is 32.2. The smallest absolute Gasteiger partial charge is 0.222 e. The van der Waals surface area contributed by atoms with Gasteiger partial charge in [0.05, 0.1) is 11.5 Å². The van der Waals surface area contributed by atoms with Crippen LogP contribution < -0.4 is 0 Å². The van der Waals surface area contributed by atoms with Gasteiger partial charge in [-0.3, -0.25) is 4.79 Å². The lowest BCUT2D eigenvalue weighted by atomic mass is 9.86. The molecule has 1 amide bonds. The van der Waals surface area contributed by atoms with Gasteiger partial charge in [0.15, 0.2) is 9.84 Å². The van der Waals surface area contributed by atoms with Crippen LogP contribution in [0.15, 0.2) is 0 Å². The maximum Gasteiger partial charge on any atom is 0.222 e. The van der Waals surface area contributed by atoms with Crippen LogP contribution in [0.2, 0.25) is 0 Å². The molecule has 5 heteroatoms. The van der Waals surface area contributed by atoms with E-state index in [9.17, 15) is 13.2 Å². The van der Waals surface area contributed by atoms with Crippen LogP contribution in [0.5, 0.6) is 0 Å². The molecular formula is C17H31NO3S. The number of carbonyl (C=O) groups excluding carboxylic acids is 1. The molecule has 1 heterocycles. The summed E-state index contributed by atoms with van der Waals surface area (Å²) in [6.07, 6.45) is 10.7. The van der Waals surface area contributed by atoms with Gasteiger partial charge in [0.25, 0.3) is 0 Å². The Labute approximate surface area is 135 Å². The first-order chi connectivity index (χ1) is 10.5. The second-order valence-electron chi connectivity index (χ2n) is 7.04. The quantitative estimate of drug-likeness (QED) is 0.721. The first-order valence-corrected chi connectivity index (χ1v) is 10.8. The predicted molar refractivity (Wildman–Crippen MR) is 89.5 cm³/mol. The third-order valence-electron chi connectivity index (χ3n) is 5.21. The van der Waals surface area contributed by atoms with Crippen molar-refractivity contribution < 1.29 is 13.2 Å². The average Bonchev–Trinajstić information content (AvgIpc) is 2.86. The van der Waals surface area contributed by atoms with Crippen LogP contribution >= 0.6 is 0 Å². The SMILES string of the molecule is CCCCN(C(=O)CCC1CCCCC1)C1CCS(=O)(=O)C1. The van der Waals surface area contributed by atoms with Crippen LogP contribution in [-0.4, -0.2) is 43.3 Å². The molecule has 2 aliphatic rings. The number of sulfone groups is 1. The second kappa shape index (κ2) is 8.32. The fraction of sp³-hybridized carbons (Fsp3) is 0.941. The molecule has 22 heavy (non-hydrogen) atoms. The van der Waals surface area contributed by atoms with Gasteiger partial charge in [-0.05, 0) is 25.2 Å². The molecule has 1 aliphatic heterocycles. The van der Waals surface area contributed by atoms with Crippen LogP contribution in [0.4, 0.5) is 0 Å². The molecule has 1 aliphatic carbocycles. The molecule has 128 valence electrons. The molecule has 1 atom stereocenters. The van der Waals surface area contributed by atoms with E-state index in [0.29, 0.717) is 18.8 Å². The number of amides is 1. The number of rotatable bonds is 7. The van der Waals surface area contributed by atoms with Gasteiger partial charge < -0.3 is 4.90 Å². The van der Waals surface area contributed by atoms with Gasteiger partial charge in [-0.2, -0.15) is 0 Å². The molecule has 4 nitrogen and oxygen atoms in total. The van der Waals surface area contributed by atoms with Gasteiger partial charge in [-0.1, -0.05) is 45.4 Å². The Kier molecular flexibility index (Phi) is 6.72. The monoisotopic (exact) mass is 329 g/mol. The topological polar surface area (TPSA) is 54.5 Å². The van der Waals surface area contributed by atoms with Crippen molar-refractivity contribution in [2.75, 3.05) is 18.1 Å². The maximum atomic E-state index is 12.6. The summed E-state index contributed by atoms with van der Waals surface area (Å²) in [5, 5.41) is 0. The number of unbranched alkanes of at least 4 members (excludes halogenated alkanes) is 1. The van der Waals surface area contributed by atoms with Crippen LogP contribution in [0.1, 0.15) is 71.1 Å². The Bertz CT molecular complexity index is 455. The van der Waals surface area contributed by atoms with E-state index in [1.165, 1.54) is 32.1 Å². The Hall–Kier alpha value is -0.580. The highest BCUT2D eigenvalue weighted by molar-refractivity contribution is 7.91. The summed E-state index contributed by atoms with van der Waals surface area (Å²) in [6, 6.07) is -0.0737. The zero-order valence-corrected chi connectivity index (χ0v) is 14.7. The van der Waals surface area contributed by atoms with Crippen molar-refractivity contribution in [1.29, 1.82) is 0 Å². The third-order valence-corrected chi connectivity index (χ3v) is 6.96. The third kappa shape index (κ3) is 5.25. The van der Waals surface area contributed by atoms with Gasteiger partial charge >= 0.3 is 0 Å². The molecule has 0 aromatic heterocycles. The molecule has 0 bridgehead atoms. The summed E-state index contributed by atoms with van der Waals surface area (Å²) in [5.74, 6) is 1.31. The molecule has 0 aromatic carbocycles. The van der Waals surface area contributed by atoms with Crippen molar-refractivity contribution in [2.24, 2.45) is 5.92 Å². The minimum absolute atomic E-state index is 0.0737. The lowest BCUT2D eigenvalue weighted by Crippen LogP contribution is -2.41. The molecule has 2 fully saturated rings. The van der Waals surface area contributed by atoms with E-state index in [2.05, 4.69) is 6.92 Å². The predicted octanol–water partition coefficient (Wildman–Crippen LogP) is 3.16. The second-order valence-corrected chi connectivity index (χ2v) is 9.27. The minimum Gasteiger partial charge on any atom is -0.339 e. The fourth-order valence-corrected chi connectivity index (χ4v) is 5.54. The van der Waals surface area contributed by atoms with E-state index in [-0.39, 0.29) is 23.5 Å². The van der Waals surface area contributed by atoms with Gasteiger partial charge in [0, 0.05) is 19.0 Å². The molecule has 1 unspecified atom stereocenters. The van der Waals surface area contributed by atoms with Crippen molar-refractivity contribution in [3.63, 3.8) is 0 Å². The van der Waals surface area contributed by atoms with Crippen molar-refractivity contribution >= 4 is 15.7 Å². The van der Waals surface area contributed by atoms with E-state index in [0.717, 1.165) is 25.8 Å². The van der Waals surface area contributed by atoms with Crippen molar-refractivity contribution in [3.05, 3.63) is 0 Å². The number of hydrogen-bond donors (Lipinski definition) is 0. The van der Waals surface area contributed by atoms with Crippen molar-refractivity contribution in [2.45, 2.75) is 77.2 Å². The van der Waals surface area contributed by atoms with E-state index < -0.39 is 9.84 Å². The normalized spacial score (nSPS) is 25.2. The Morgan fingerprint density at radius 3 is 2.45 bits per heavy atom. The van der Waals surface area contributed by atoms with Gasteiger partial charge in [0.2, 0.25) is 5.91 Å².